The maximum Gasteiger partial charge on any atom is 0.0488 e. The minimum atomic E-state index is 1.30. The van der Waals surface area contributed by atoms with Crippen molar-refractivity contribution in [3.05, 3.63) is 146 Å². The van der Waals surface area contributed by atoms with E-state index in [1.807, 2.05) is 27.7 Å². The topological polar surface area (TPSA) is 14.8 Å². The van der Waals surface area contributed by atoms with Gasteiger partial charge in [-0.3, -0.25) is 0 Å². The van der Waals surface area contributed by atoms with Crippen LogP contribution in [0.4, 0.5) is 0 Å². The van der Waals surface area contributed by atoms with Crippen molar-refractivity contribution in [2.45, 2.75) is 27.7 Å². The standard InChI is InChI=1S/3C13H11N.2C2H6/c3*1-14-12-8-4-2-6-10(12)11-7-3-5-9-13(11)14;2*1-2/h3*2-9H,1H3;2*1-2H3. The van der Waals surface area contributed by atoms with Crippen molar-refractivity contribution < 1.29 is 0 Å². The van der Waals surface area contributed by atoms with Gasteiger partial charge in [0.2, 0.25) is 0 Å². The van der Waals surface area contributed by atoms with Crippen LogP contribution in [0.5, 0.6) is 0 Å². The molecule has 9 aromatic rings. The van der Waals surface area contributed by atoms with Gasteiger partial charge in [-0.1, -0.05) is 137 Å². The molecule has 0 amide bonds. The molecule has 0 bridgehead atoms. The first-order chi connectivity index (χ1) is 22.6. The largest absolute Gasteiger partial charge is 0.344 e. The second-order valence-corrected chi connectivity index (χ2v) is 10.8. The van der Waals surface area contributed by atoms with E-state index in [0.717, 1.165) is 0 Å². The monoisotopic (exact) mass is 603 g/mol. The Kier molecular flexibility index (Phi) is 10.2. The molecule has 9 rings (SSSR count). The average molecular weight is 604 g/mol. The number of benzene rings is 6. The Labute approximate surface area is 272 Å². The van der Waals surface area contributed by atoms with Gasteiger partial charge in [-0.15, -0.1) is 0 Å². The third-order valence-electron chi connectivity index (χ3n) is 8.46. The fraction of sp³-hybridized carbons (Fsp3) is 0.163. The highest BCUT2D eigenvalue weighted by Gasteiger charge is 2.07. The minimum absolute atomic E-state index is 1.30. The van der Waals surface area contributed by atoms with Gasteiger partial charge >= 0.3 is 0 Å². The molecule has 6 aromatic carbocycles. The Hall–Kier alpha value is -5.28. The van der Waals surface area contributed by atoms with Gasteiger partial charge in [-0.05, 0) is 36.4 Å². The molecule has 0 aliphatic rings. The Morgan fingerprint density at radius 3 is 0.522 bits per heavy atom. The molecule has 0 saturated heterocycles. The second-order valence-electron chi connectivity index (χ2n) is 10.8. The van der Waals surface area contributed by atoms with Crippen molar-refractivity contribution in [3.8, 4) is 0 Å². The maximum absolute atomic E-state index is 2.24. The van der Waals surface area contributed by atoms with Gasteiger partial charge in [0.1, 0.15) is 0 Å². The van der Waals surface area contributed by atoms with Crippen molar-refractivity contribution in [3.63, 3.8) is 0 Å². The van der Waals surface area contributed by atoms with E-state index < -0.39 is 0 Å². The van der Waals surface area contributed by atoms with Crippen LogP contribution < -0.4 is 0 Å². The second kappa shape index (κ2) is 14.7. The number of para-hydroxylation sites is 6. The summed E-state index contributed by atoms with van der Waals surface area (Å²) in [6.07, 6.45) is 0. The summed E-state index contributed by atoms with van der Waals surface area (Å²) >= 11 is 0. The summed E-state index contributed by atoms with van der Waals surface area (Å²) in [5.41, 5.74) is 7.80. The molecule has 0 unspecified atom stereocenters. The van der Waals surface area contributed by atoms with Crippen LogP contribution >= 0.6 is 0 Å². The number of rotatable bonds is 0. The smallest absolute Gasteiger partial charge is 0.0488 e. The van der Waals surface area contributed by atoms with E-state index in [1.54, 1.807) is 0 Å². The predicted octanol–water partition coefficient (Wildman–Crippen LogP) is 12.0. The van der Waals surface area contributed by atoms with E-state index in [4.69, 9.17) is 0 Å². The molecular formula is C43H45N3. The molecule has 3 nitrogen and oxygen atoms in total. The van der Waals surface area contributed by atoms with Crippen LogP contribution in [0.2, 0.25) is 0 Å². The fourth-order valence-corrected chi connectivity index (χ4v) is 6.35. The first-order valence-corrected chi connectivity index (χ1v) is 16.4. The lowest BCUT2D eigenvalue weighted by Gasteiger charge is -1.95. The zero-order chi connectivity index (χ0) is 32.6. The molecule has 3 aromatic heterocycles. The normalized spacial score (nSPS) is 10.5. The molecule has 0 N–H and O–H groups in total. The van der Waals surface area contributed by atoms with E-state index >= 15 is 0 Å². The highest BCUT2D eigenvalue weighted by atomic mass is 14.9. The lowest BCUT2D eigenvalue weighted by molar-refractivity contribution is 1.01. The molecular weight excluding hydrogens is 558 g/mol. The molecule has 3 heteroatoms. The molecule has 0 atom stereocenters. The van der Waals surface area contributed by atoms with Crippen molar-refractivity contribution >= 4 is 65.4 Å². The first-order valence-electron chi connectivity index (χ1n) is 16.4. The van der Waals surface area contributed by atoms with Gasteiger partial charge in [0.05, 0.1) is 0 Å². The van der Waals surface area contributed by atoms with Gasteiger partial charge in [0.15, 0.2) is 0 Å². The summed E-state index contributed by atoms with van der Waals surface area (Å²) in [5, 5.41) is 8.03. The summed E-state index contributed by atoms with van der Waals surface area (Å²) in [6, 6.07) is 51.1. The van der Waals surface area contributed by atoms with Gasteiger partial charge < -0.3 is 13.7 Å². The van der Waals surface area contributed by atoms with Crippen LogP contribution in [0.25, 0.3) is 65.4 Å². The van der Waals surface area contributed by atoms with Crippen molar-refractivity contribution in [2.24, 2.45) is 21.1 Å². The minimum Gasteiger partial charge on any atom is -0.344 e. The molecule has 0 radical (unpaired) electrons. The van der Waals surface area contributed by atoms with E-state index in [-0.39, 0.29) is 0 Å². The van der Waals surface area contributed by atoms with E-state index in [9.17, 15) is 0 Å². The first kappa shape index (κ1) is 32.1. The molecule has 0 saturated carbocycles. The number of hydrogen-bond acceptors (Lipinski definition) is 0. The highest BCUT2D eigenvalue weighted by Crippen LogP contribution is 2.29. The molecule has 0 aliphatic carbocycles. The van der Waals surface area contributed by atoms with Crippen molar-refractivity contribution in [1.29, 1.82) is 0 Å². The fourth-order valence-electron chi connectivity index (χ4n) is 6.35. The number of aryl methyl sites for hydroxylation is 3. The Morgan fingerprint density at radius 1 is 0.239 bits per heavy atom. The van der Waals surface area contributed by atoms with Crippen molar-refractivity contribution in [1.82, 2.24) is 13.7 Å². The third-order valence-corrected chi connectivity index (χ3v) is 8.46. The van der Waals surface area contributed by atoms with Crippen LogP contribution in [-0.2, 0) is 21.1 Å². The molecule has 3 heterocycles. The summed E-state index contributed by atoms with van der Waals surface area (Å²) in [7, 11) is 6.35. The van der Waals surface area contributed by atoms with Gasteiger partial charge in [-0.2, -0.15) is 0 Å². The number of aromatic nitrogens is 3. The quantitative estimate of drug-likeness (QED) is 0.164. The van der Waals surface area contributed by atoms with Gasteiger partial charge in [0, 0.05) is 86.6 Å². The predicted molar refractivity (Wildman–Crippen MR) is 204 cm³/mol. The summed E-state index contributed by atoms with van der Waals surface area (Å²) in [4.78, 5) is 0. The van der Waals surface area contributed by atoms with E-state index in [1.165, 1.54) is 65.4 Å². The van der Waals surface area contributed by atoms with E-state index in [2.05, 4.69) is 180 Å². The average Bonchev–Trinajstić information content (AvgIpc) is 3.72. The lowest BCUT2D eigenvalue weighted by atomic mass is 10.2. The maximum atomic E-state index is 2.24. The lowest BCUT2D eigenvalue weighted by Crippen LogP contribution is -1.84. The Morgan fingerprint density at radius 2 is 0.370 bits per heavy atom. The number of hydrogen-bond donors (Lipinski definition) is 0. The number of nitrogens with zero attached hydrogens (tertiary/aromatic N) is 3. The molecule has 46 heavy (non-hydrogen) atoms. The van der Waals surface area contributed by atoms with Crippen LogP contribution in [0, 0.1) is 0 Å². The van der Waals surface area contributed by atoms with Gasteiger partial charge in [-0.25, -0.2) is 0 Å². The van der Waals surface area contributed by atoms with Crippen LogP contribution in [0.1, 0.15) is 27.7 Å². The summed E-state index contributed by atoms with van der Waals surface area (Å²) in [5.74, 6) is 0. The van der Waals surface area contributed by atoms with Crippen LogP contribution in [0.15, 0.2) is 146 Å². The summed E-state index contributed by atoms with van der Waals surface area (Å²) in [6.45, 7) is 8.00. The van der Waals surface area contributed by atoms with Crippen LogP contribution in [-0.4, -0.2) is 13.7 Å². The molecule has 232 valence electrons. The third kappa shape index (κ3) is 5.89. The van der Waals surface area contributed by atoms with Crippen LogP contribution in [0.3, 0.4) is 0 Å². The zero-order valence-electron chi connectivity index (χ0n) is 28.2. The Balaban J connectivity index is 0.000000129. The van der Waals surface area contributed by atoms with E-state index in [0.29, 0.717) is 0 Å². The Bertz CT molecular complexity index is 1920. The van der Waals surface area contributed by atoms with Gasteiger partial charge in [0.25, 0.3) is 0 Å². The molecule has 0 fully saturated rings. The number of fused-ring (bicyclic) bond motifs is 9. The highest BCUT2D eigenvalue weighted by molar-refractivity contribution is 6.09. The molecule has 0 spiro atoms. The molecule has 0 aliphatic heterocycles. The summed E-state index contributed by atoms with van der Waals surface area (Å²) < 4.78 is 6.72. The SMILES string of the molecule is CC.CC.Cn1c2ccccc2c2ccccc21.Cn1c2ccccc2c2ccccc21.Cn1c2ccccc2c2ccccc21. The zero-order valence-corrected chi connectivity index (χ0v) is 28.2. The van der Waals surface area contributed by atoms with Crippen molar-refractivity contribution in [2.75, 3.05) is 0 Å².